The van der Waals surface area contributed by atoms with Gasteiger partial charge in [-0.3, -0.25) is 14.5 Å². The van der Waals surface area contributed by atoms with Crippen molar-refractivity contribution in [3.8, 4) is 5.75 Å². The van der Waals surface area contributed by atoms with Crippen LogP contribution in [0.25, 0.3) is 0 Å². The molecule has 1 unspecified atom stereocenters. The maximum absolute atomic E-state index is 12.5. The molecule has 24 heavy (non-hydrogen) atoms. The Morgan fingerprint density at radius 1 is 1.29 bits per heavy atom. The van der Waals surface area contributed by atoms with E-state index >= 15 is 0 Å². The molecule has 1 N–H and O–H groups in total. The molecule has 1 fully saturated rings. The van der Waals surface area contributed by atoms with E-state index in [2.05, 4.69) is 0 Å². The van der Waals surface area contributed by atoms with Crippen molar-refractivity contribution in [2.75, 3.05) is 26.2 Å². The Hall–Kier alpha value is -2.08. The summed E-state index contributed by atoms with van der Waals surface area (Å²) in [7, 11) is 0. The number of rotatable bonds is 7. The van der Waals surface area contributed by atoms with E-state index in [0.29, 0.717) is 25.4 Å². The second-order valence-corrected chi connectivity index (χ2v) is 6.09. The Kier molecular flexibility index (Phi) is 6.61. The number of nitrogens with zero attached hydrogens (tertiary/aromatic N) is 2. The number of carboxylic acid groups (broad SMARTS) is 1. The summed E-state index contributed by atoms with van der Waals surface area (Å²) in [4.78, 5) is 27.2. The van der Waals surface area contributed by atoms with E-state index in [1.165, 1.54) is 0 Å². The van der Waals surface area contributed by atoms with E-state index < -0.39 is 12.1 Å². The van der Waals surface area contributed by atoms with Gasteiger partial charge in [0.15, 0.2) is 6.10 Å². The van der Waals surface area contributed by atoms with Crippen molar-refractivity contribution < 1.29 is 19.4 Å². The maximum Gasteiger partial charge on any atom is 0.317 e. The van der Waals surface area contributed by atoms with Crippen LogP contribution in [-0.4, -0.2) is 65.1 Å². The molecule has 1 aliphatic heterocycles. The highest BCUT2D eigenvalue weighted by atomic mass is 16.5. The third-order valence-electron chi connectivity index (χ3n) is 4.44. The molecule has 2 rings (SSSR count). The van der Waals surface area contributed by atoms with Crippen LogP contribution in [0.1, 0.15) is 26.7 Å². The molecule has 0 bridgehead atoms. The van der Waals surface area contributed by atoms with Gasteiger partial charge in [-0.2, -0.15) is 0 Å². The van der Waals surface area contributed by atoms with Gasteiger partial charge in [0.25, 0.3) is 5.91 Å². The average Bonchev–Trinajstić information content (AvgIpc) is 2.60. The lowest BCUT2D eigenvalue weighted by Gasteiger charge is -2.38. The number of hydrogen-bond donors (Lipinski definition) is 1. The number of para-hydroxylation sites is 1. The van der Waals surface area contributed by atoms with Crippen molar-refractivity contribution in [3.63, 3.8) is 0 Å². The monoisotopic (exact) mass is 334 g/mol. The van der Waals surface area contributed by atoms with Crippen LogP contribution in [-0.2, 0) is 9.59 Å². The standard InChI is InChI=1S/C18H26N2O4/c1-3-19(13-17(21)22)15-9-11-20(12-10-15)18(23)14(2)24-16-7-5-4-6-8-16/h4-8,14-15H,3,9-13H2,1-2H3,(H,21,22). The van der Waals surface area contributed by atoms with Crippen LogP contribution in [0.2, 0.25) is 0 Å². The Balaban J connectivity index is 1.84. The first kappa shape index (κ1) is 18.3. The average molecular weight is 334 g/mol. The molecule has 0 saturated carbocycles. The van der Waals surface area contributed by atoms with E-state index in [9.17, 15) is 9.59 Å². The minimum absolute atomic E-state index is 0.0152. The maximum atomic E-state index is 12.5. The summed E-state index contributed by atoms with van der Waals surface area (Å²) in [6, 6.07) is 9.54. The number of likely N-dealkylation sites (tertiary alicyclic amines) is 1. The highest BCUT2D eigenvalue weighted by Crippen LogP contribution is 2.18. The van der Waals surface area contributed by atoms with Crippen LogP contribution < -0.4 is 4.74 Å². The van der Waals surface area contributed by atoms with E-state index in [1.54, 1.807) is 6.92 Å². The van der Waals surface area contributed by atoms with Gasteiger partial charge in [-0.1, -0.05) is 25.1 Å². The minimum Gasteiger partial charge on any atom is -0.481 e. The molecule has 0 aliphatic carbocycles. The fourth-order valence-electron chi connectivity index (χ4n) is 3.13. The first-order valence-electron chi connectivity index (χ1n) is 8.47. The number of hydrogen-bond acceptors (Lipinski definition) is 4. The van der Waals surface area contributed by atoms with E-state index in [0.717, 1.165) is 12.8 Å². The highest BCUT2D eigenvalue weighted by molar-refractivity contribution is 5.81. The lowest BCUT2D eigenvalue weighted by Crippen LogP contribution is -2.50. The molecule has 1 aliphatic rings. The SMILES string of the molecule is CCN(CC(=O)O)C1CCN(C(=O)C(C)Oc2ccccc2)CC1. The predicted molar refractivity (Wildman–Crippen MR) is 91.0 cm³/mol. The summed E-state index contributed by atoms with van der Waals surface area (Å²) >= 11 is 0. The van der Waals surface area contributed by atoms with Crippen molar-refractivity contribution in [1.29, 1.82) is 0 Å². The van der Waals surface area contributed by atoms with Crippen molar-refractivity contribution in [1.82, 2.24) is 9.80 Å². The normalized spacial score (nSPS) is 16.9. The number of carbonyl (C=O) groups is 2. The first-order chi connectivity index (χ1) is 11.5. The molecule has 0 radical (unpaired) electrons. The van der Waals surface area contributed by atoms with E-state index in [4.69, 9.17) is 9.84 Å². The van der Waals surface area contributed by atoms with Gasteiger partial charge in [-0.15, -0.1) is 0 Å². The fraction of sp³-hybridized carbons (Fsp3) is 0.556. The van der Waals surface area contributed by atoms with E-state index in [1.807, 2.05) is 47.1 Å². The minimum atomic E-state index is -0.805. The number of carboxylic acids is 1. The molecule has 0 aromatic heterocycles. The Bertz CT molecular complexity index is 541. The van der Waals surface area contributed by atoms with Crippen LogP contribution in [0.4, 0.5) is 0 Å². The van der Waals surface area contributed by atoms with Crippen molar-refractivity contribution in [3.05, 3.63) is 30.3 Å². The van der Waals surface area contributed by atoms with Crippen LogP contribution in [0.5, 0.6) is 5.75 Å². The predicted octanol–water partition coefficient (Wildman–Crippen LogP) is 1.85. The van der Waals surface area contributed by atoms with Crippen LogP contribution in [0, 0.1) is 0 Å². The van der Waals surface area contributed by atoms with Gasteiger partial charge in [0.1, 0.15) is 5.75 Å². The smallest absolute Gasteiger partial charge is 0.317 e. The Labute approximate surface area is 143 Å². The molecule has 1 heterocycles. The topological polar surface area (TPSA) is 70.1 Å². The van der Waals surface area contributed by atoms with Gasteiger partial charge in [0.2, 0.25) is 0 Å². The van der Waals surface area contributed by atoms with Gasteiger partial charge in [0.05, 0.1) is 6.54 Å². The number of aliphatic carboxylic acids is 1. The van der Waals surface area contributed by atoms with Gasteiger partial charge in [-0.05, 0) is 38.4 Å². The largest absolute Gasteiger partial charge is 0.481 e. The Morgan fingerprint density at radius 3 is 2.46 bits per heavy atom. The van der Waals surface area contributed by atoms with Gasteiger partial charge in [-0.25, -0.2) is 0 Å². The number of ether oxygens (including phenoxy) is 1. The number of likely N-dealkylation sites (N-methyl/N-ethyl adjacent to an activating group) is 1. The number of piperidine rings is 1. The zero-order valence-electron chi connectivity index (χ0n) is 14.4. The number of amides is 1. The summed E-state index contributed by atoms with van der Waals surface area (Å²) in [6.07, 6.45) is 1.07. The van der Waals surface area contributed by atoms with Crippen LogP contribution >= 0.6 is 0 Å². The molecular formula is C18H26N2O4. The molecule has 1 atom stereocenters. The molecule has 1 aromatic rings. The molecule has 0 spiro atoms. The van der Waals surface area contributed by atoms with Gasteiger partial charge in [0, 0.05) is 19.1 Å². The van der Waals surface area contributed by atoms with Crippen molar-refractivity contribution in [2.24, 2.45) is 0 Å². The lowest BCUT2D eigenvalue weighted by molar-refractivity contribution is -0.142. The van der Waals surface area contributed by atoms with Gasteiger partial charge < -0.3 is 14.7 Å². The summed E-state index contributed by atoms with van der Waals surface area (Å²) in [5.74, 6) is -0.134. The summed E-state index contributed by atoms with van der Waals surface area (Å²) in [6.45, 7) is 5.78. The molecule has 1 amide bonds. The number of carbonyl (C=O) groups excluding carboxylic acids is 1. The molecule has 6 heteroatoms. The molecule has 1 saturated heterocycles. The first-order valence-corrected chi connectivity index (χ1v) is 8.47. The summed E-state index contributed by atoms with van der Waals surface area (Å²) < 4.78 is 5.70. The second-order valence-electron chi connectivity index (χ2n) is 6.09. The van der Waals surface area contributed by atoms with E-state index in [-0.39, 0.29) is 18.5 Å². The van der Waals surface area contributed by atoms with Crippen LogP contribution in [0.15, 0.2) is 30.3 Å². The fourth-order valence-corrected chi connectivity index (χ4v) is 3.13. The molecule has 6 nitrogen and oxygen atoms in total. The molecule has 1 aromatic carbocycles. The number of benzene rings is 1. The summed E-state index contributed by atoms with van der Waals surface area (Å²) in [5.41, 5.74) is 0. The molecule has 132 valence electrons. The second kappa shape index (κ2) is 8.68. The van der Waals surface area contributed by atoms with Crippen molar-refractivity contribution in [2.45, 2.75) is 38.8 Å². The Morgan fingerprint density at radius 2 is 1.92 bits per heavy atom. The van der Waals surface area contributed by atoms with Gasteiger partial charge >= 0.3 is 5.97 Å². The lowest BCUT2D eigenvalue weighted by atomic mass is 10.0. The molecular weight excluding hydrogens is 308 g/mol. The van der Waals surface area contributed by atoms with Crippen molar-refractivity contribution >= 4 is 11.9 Å². The third-order valence-corrected chi connectivity index (χ3v) is 4.44. The zero-order chi connectivity index (χ0) is 17.5. The van der Waals surface area contributed by atoms with Crippen LogP contribution in [0.3, 0.4) is 0 Å². The quantitative estimate of drug-likeness (QED) is 0.824. The third kappa shape index (κ3) is 4.96. The zero-order valence-corrected chi connectivity index (χ0v) is 14.4. The highest BCUT2D eigenvalue weighted by Gasteiger charge is 2.29. The summed E-state index contributed by atoms with van der Waals surface area (Å²) in [5, 5.41) is 8.98.